The summed E-state index contributed by atoms with van der Waals surface area (Å²) in [4.78, 5) is 14.1. The van der Waals surface area contributed by atoms with Gasteiger partial charge >= 0.3 is 0 Å². The van der Waals surface area contributed by atoms with Gasteiger partial charge in [-0.3, -0.25) is 9.69 Å². The predicted octanol–water partition coefficient (Wildman–Crippen LogP) is 1.82. The Balaban J connectivity index is 2.23. The summed E-state index contributed by atoms with van der Waals surface area (Å²) in [7, 11) is 1.59. The van der Waals surface area contributed by atoms with E-state index in [1.54, 1.807) is 13.2 Å². The molecule has 1 heterocycles. The third kappa shape index (κ3) is 4.53. The van der Waals surface area contributed by atoms with Gasteiger partial charge in [0.25, 0.3) is 0 Å². The average Bonchev–Trinajstić information content (AvgIpc) is 2.52. The number of carbonyl (C=O) groups is 1. The van der Waals surface area contributed by atoms with E-state index in [9.17, 15) is 9.90 Å². The molecule has 0 spiro atoms. The first-order valence-electron chi connectivity index (χ1n) is 8.12. The Labute approximate surface area is 147 Å². The quantitative estimate of drug-likeness (QED) is 0.779. The highest BCUT2D eigenvalue weighted by molar-refractivity contribution is 6.31. The molecule has 1 atom stereocenters. The third-order valence-electron chi connectivity index (χ3n) is 3.91. The standard InChI is InChI=1S/C17H25ClN2O4/c1-11(2)24-16-9-13(18)12(8-15(16)23-3)10-20-6-5-19-17(22)14(20)4-7-21/h8-9,11,14,21H,4-7,10H2,1-3H3,(H,19,22)/t14-/m0/s1. The van der Waals surface area contributed by atoms with Crippen molar-refractivity contribution < 1.29 is 19.4 Å². The maximum atomic E-state index is 12.0. The molecule has 1 saturated heterocycles. The zero-order valence-corrected chi connectivity index (χ0v) is 15.1. The molecule has 1 aliphatic rings. The topological polar surface area (TPSA) is 71.0 Å². The second-order valence-corrected chi connectivity index (χ2v) is 6.46. The highest BCUT2D eigenvalue weighted by Crippen LogP contribution is 2.35. The van der Waals surface area contributed by atoms with Gasteiger partial charge in [-0.25, -0.2) is 0 Å². The number of piperazine rings is 1. The zero-order chi connectivity index (χ0) is 17.7. The van der Waals surface area contributed by atoms with Crippen molar-refractivity contribution in [3.8, 4) is 11.5 Å². The lowest BCUT2D eigenvalue weighted by Crippen LogP contribution is -2.55. The summed E-state index contributed by atoms with van der Waals surface area (Å²) in [6.07, 6.45) is 0.412. The number of halogens is 1. The molecule has 7 heteroatoms. The highest BCUT2D eigenvalue weighted by Gasteiger charge is 2.29. The van der Waals surface area contributed by atoms with Crippen LogP contribution in [0.1, 0.15) is 25.8 Å². The van der Waals surface area contributed by atoms with Crippen LogP contribution in [0.2, 0.25) is 5.02 Å². The Morgan fingerprint density at radius 2 is 2.17 bits per heavy atom. The molecule has 1 aromatic rings. The number of hydrogen-bond acceptors (Lipinski definition) is 5. The second-order valence-electron chi connectivity index (χ2n) is 6.05. The van der Waals surface area contributed by atoms with Gasteiger partial charge in [0.15, 0.2) is 11.5 Å². The molecule has 2 N–H and O–H groups in total. The van der Waals surface area contributed by atoms with Gasteiger partial charge in [-0.2, -0.15) is 0 Å². The number of nitrogens with one attached hydrogen (secondary N) is 1. The minimum Gasteiger partial charge on any atom is -0.493 e. The summed E-state index contributed by atoms with van der Waals surface area (Å²) in [6.45, 7) is 5.64. The summed E-state index contributed by atoms with van der Waals surface area (Å²) in [5, 5.41) is 12.6. The Bertz CT molecular complexity index is 580. The van der Waals surface area contributed by atoms with Crippen molar-refractivity contribution in [3.05, 3.63) is 22.7 Å². The SMILES string of the molecule is COc1cc(CN2CCNC(=O)[C@@H]2CCO)c(Cl)cc1OC(C)C. The van der Waals surface area contributed by atoms with Crippen molar-refractivity contribution in [1.29, 1.82) is 0 Å². The molecule has 1 aliphatic heterocycles. The fourth-order valence-corrected chi connectivity index (χ4v) is 3.02. The zero-order valence-electron chi connectivity index (χ0n) is 14.3. The van der Waals surface area contributed by atoms with E-state index in [4.69, 9.17) is 21.1 Å². The van der Waals surface area contributed by atoms with Crippen LogP contribution >= 0.6 is 11.6 Å². The molecule has 1 aromatic carbocycles. The molecule has 24 heavy (non-hydrogen) atoms. The summed E-state index contributed by atoms with van der Waals surface area (Å²) in [6, 6.07) is 3.25. The first kappa shape index (κ1) is 18.8. The molecule has 6 nitrogen and oxygen atoms in total. The summed E-state index contributed by atoms with van der Waals surface area (Å²) in [5.41, 5.74) is 0.863. The molecular weight excluding hydrogens is 332 g/mol. The molecule has 2 rings (SSSR count). The van der Waals surface area contributed by atoms with Crippen LogP contribution in [0.15, 0.2) is 12.1 Å². The molecule has 0 bridgehead atoms. The number of nitrogens with zero attached hydrogens (tertiary/aromatic N) is 1. The maximum Gasteiger partial charge on any atom is 0.237 e. The number of amides is 1. The Hall–Kier alpha value is -1.50. The smallest absolute Gasteiger partial charge is 0.237 e. The van der Waals surface area contributed by atoms with Gasteiger partial charge in [0, 0.05) is 37.3 Å². The molecule has 1 fully saturated rings. The lowest BCUT2D eigenvalue weighted by Gasteiger charge is -2.35. The molecule has 0 saturated carbocycles. The molecule has 0 aromatic heterocycles. The van der Waals surface area contributed by atoms with Crippen molar-refractivity contribution in [3.63, 3.8) is 0 Å². The minimum atomic E-state index is -0.350. The van der Waals surface area contributed by atoms with Gasteiger partial charge < -0.3 is 19.9 Å². The van der Waals surface area contributed by atoms with Crippen LogP contribution in [0, 0.1) is 0 Å². The summed E-state index contributed by atoms with van der Waals surface area (Å²) >= 11 is 6.41. The Kier molecular flexibility index (Phi) is 6.71. The fourth-order valence-electron chi connectivity index (χ4n) is 2.81. The maximum absolute atomic E-state index is 12.0. The van der Waals surface area contributed by atoms with Crippen LogP contribution in [-0.2, 0) is 11.3 Å². The molecule has 0 radical (unpaired) electrons. The normalized spacial score (nSPS) is 18.6. The van der Waals surface area contributed by atoms with E-state index in [-0.39, 0.29) is 24.7 Å². The highest BCUT2D eigenvalue weighted by atomic mass is 35.5. The van der Waals surface area contributed by atoms with Crippen LogP contribution < -0.4 is 14.8 Å². The number of ether oxygens (including phenoxy) is 2. The number of methoxy groups -OCH3 is 1. The van der Waals surface area contributed by atoms with E-state index in [1.807, 2.05) is 24.8 Å². The van der Waals surface area contributed by atoms with Crippen LogP contribution in [-0.4, -0.2) is 54.9 Å². The van der Waals surface area contributed by atoms with E-state index in [0.717, 1.165) is 5.56 Å². The first-order chi connectivity index (χ1) is 11.5. The average molecular weight is 357 g/mol. The van der Waals surface area contributed by atoms with Gasteiger partial charge in [0.1, 0.15) is 0 Å². The molecule has 0 aliphatic carbocycles. The van der Waals surface area contributed by atoms with Crippen LogP contribution in [0.3, 0.4) is 0 Å². The number of benzene rings is 1. The second kappa shape index (κ2) is 8.55. The van der Waals surface area contributed by atoms with Crippen LogP contribution in [0.4, 0.5) is 0 Å². The number of carbonyl (C=O) groups excluding carboxylic acids is 1. The minimum absolute atomic E-state index is 0.0144. The van der Waals surface area contributed by atoms with Crippen LogP contribution in [0.5, 0.6) is 11.5 Å². The van der Waals surface area contributed by atoms with Crippen molar-refractivity contribution in [1.82, 2.24) is 10.2 Å². The van der Waals surface area contributed by atoms with Gasteiger partial charge in [0.2, 0.25) is 5.91 Å². The van der Waals surface area contributed by atoms with Crippen molar-refractivity contribution >= 4 is 17.5 Å². The number of hydrogen-bond donors (Lipinski definition) is 2. The largest absolute Gasteiger partial charge is 0.493 e. The fraction of sp³-hybridized carbons (Fsp3) is 0.588. The van der Waals surface area contributed by atoms with Crippen molar-refractivity contribution in [2.75, 3.05) is 26.8 Å². The van der Waals surface area contributed by atoms with Crippen molar-refractivity contribution in [2.24, 2.45) is 0 Å². The predicted molar refractivity (Wildman–Crippen MR) is 92.7 cm³/mol. The van der Waals surface area contributed by atoms with E-state index in [0.29, 0.717) is 42.6 Å². The van der Waals surface area contributed by atoms with Crippen LogP contribution in [0.25, 0.3) is 0 Å². The van der Waals surface area contributed by atoms with E-state index in [1.165, 1.54) is 0 Å². The van der Waals surface area contributed by atoms with Gasteiger partial charge in [-0.15, -0.1) is 0 Å². The van der Waals surface area contributed by atoms with Gasteiger partial charge in [-0.1, -0.05) is 11.6 Å². The van der Waals surface area contributed by atoms with E-state index >= 15 is 0 Å². The summed E-state index contributed by atoms with van der Waals surface area (Å²) < 4.78 is 11.1. The van der Waals surface area contributed by atoms with Gasteiger partial charge in [0.05, 0.1) is 19.3 Å². The number of aliphatic hydroxyl groups is 1. The van der Waals surface area contributed by atoms with Crippen molar-refractivity contribution in [2.45, 2.75) is 39.0 Å². The van der Waals surface area contributed by atoms with Gasteiger partial charge in [-0.05, 0) is 31.9 Å². The molecule has 0 unspecified atom stereocenters. The monoisotopic (exact) mass is 356 g/mol. The molecule has 134 valence electrons. The van der Waals surface area contributed by atoms with E-state index in [2.05, 4.69) is 5.32 Å². The lowest BCUT2D eigenvalue weighted by atomic mass is 10.1. The Morgan fingerprint density at radius 3 is 2.79 bits per heavy atom. The summed E-state index contributed by atoms with van der Waals surface area (Å²) in [5.74, 6) is 1.16. The first-order valence-corrected chi connectivity index (χ1v) is 8.49. The van der Waals surface area contributed by atoms with E-state index < -0.39 is 0 Å². The third-order valence-corrected chi connectivity index (χ3v) is 4.26. The lowest BCUT2D eigenvalue weighted by molar-refractivity contribution is -0.129. The molecular formula is C17H25ClN2O4. The Morgan fingerprint density at radius 1 is 1.42 bits per heavy atom. The number of aliphatic hydroxyl groups excluding tert-OH is 1. The number of rotatable bonds is 7. The molecule has 1 amide bonds.